The molecule has 31 heavy (non-hydrogen) atoms. The molecular weight excluding hydrogens is 423 g/mol. The Morgan fingerprint density at radius 2 is 1.35 bits per heavy atom. The van der Waals surface area contributed by atoms with Crippen LogP contribution in [0.3, 0.4) is 0 Å². The van der Waals surface area contributed by atoms with Gasteiger partial charge in [0, 0.05) is 39.5 Å². The Bertz CT molecular complexity index is 909. The first-order valence-electron chi connectivity index (χ1n) is 10.5. The van der Waals surface area contributed by atoms with Gasteiger partial charge < -0.3 is 24.5 Å². The molecule has 0 bridgehead atoms. The van der Waals surface area contributed by atoms with Crippen molar-refractivity contribution < 1.29 is 7.38 Å². The third-order valence-electron chi connectivity index (χ3n) is 4.89. The summed E-state index contributed by atoms with van der Waals surface area (Å²) in [4.78, 5) is 0. The number of nitrogens with one attached hydrogen (secondary N) is 2. The van der Waals surface area contributed by atoms with Crippen molar-refractivity contribution in [3.63, 3.8) is 0 Å². The number of nitrogens with zero attached hydrogens (tertiary/aromatic N) is 2. The molecule has 0 spiro atoms. The van der Waals surface area contributed by atoms with Gasteiger partial charge in [-0.1, -0.05) is 54.6 Å². The second kappa shape index (κ2) is 11.1. The third-order valence-corrected chi connectivity index (χ3v) is 7.24. The molecule has 0 saturated carbocycles. The zero-order valence-electron chi connectivity index (χ0n) is 17.4. The highest BCUT2D eigenvalue weighted by atomic mass is 32.1. The van der Waals surface area contributed by atoms with Crippen LogP contribution in [0, 0.1) is 0 Å². The quantitative estimate of drug-likeness (QED) is 0.243. The highest BCUT2D eigenvalue weighted by molar-refractivity contribution is 7.80. The number of anilines is 3. The molecule has 1 heterocycles. The normalized spacial score (nSPS) is 13.9. The van der Waals surface area contributed by atoms with Gasteiger partial charge in [-0.25, -0.2) is 0 Å². The largest absolute Gasteiger partial charge is 0.362 e. The van der Waals surface area contributed by atoms with Crippen LogP contribution in [0.2, 0.25) is 0 Å². The van der Waals surface area contributed by atoms with E-state index in [4.69, 9.17) is 16.7 Å². The van der Waals surface area contributed by atoms with Crippen molar-refractivity contribution in [2.75, 3.05) is 40.9 Å². The van der Waals surface area contributed by atoms with Crippen LogP contribution >= 0.6 is 20.7 Å². The standard InChI is InChI=1S/C24H27N4OPS.2H2/c31-24(26-21-11-4-1-5-12-21)25-17-10-20-29-30-27(22-13-6-2-7-14-22)18-19-28(30)23-15-8-3-9-16-23;;/h1-9,11-16H,10,17-20H2,(H2,25,26,31);2*1H. The summed E-state index contributed by atoms with van der Waals surface area (Å²) in [6, 6.07) is 31.0. The van der Waals surface area contributed by atoms with E-state index in [0.29, 0.717) is 11.7 Å². The predicted octanol–water partition coefficient (Wildman–Crippen LogP) is 6.13. The van der Waals surface area contributed by atoms with E-state index in [1.807, 2.05) is 30.3 Å². The summed E-state index contributed by atoms with van der Waals surface area (Å²) < 4.78 is 11.2. The van der Waals surface area contributed by atoms with Gasteiger partial charge in [-0.15, -0.1) is 0 Å². The topological polar surface area (TPSA) is 39.8 Å². The van der Waals surface area contributed by atoms with E-state index in [9.17, 15) is 0 Å². The van der Waals surface area contributed by atoms with E-state index in [1.54, 1.807) is 0 Å². The number of hydrogen-bond acceptors (Lipinski definition) is 4. The molecule has 3 aromatic rings. The van der Waals surface area contributed by atoms with Gasteiger partial charge in [0.1, 0.15) is 0 Å². The van der Waals surface area contributed by atoms with Crippen LogP contribution in [0.1, 0.15) is 9.27 Å². The summed E-state index contributed by atoms with van der Waals surface area (Å²) in [6.07, 6.45) is 0.876. The molecule has 0 unspecified atom stereocenters. The molecule has 3 aromatic carbocycles. The van der Waals surface area contributed by atoms with Gasteiger partial charge in [0.05, 0.1) is 6.61 Å². The average molecular weight is 455 g/mol. The molecule has 1 aliphatic rings. The minimum absolute atomic E-state index is 0. The highest BCUT2D eigenvalue weighted by Gasteiger charge is 2.34. The first-order chi connectivity index (χ1) is 15.3. The van der Waals surface area contributed by atoms with E-state index >= 15 is 0 Å². The molecule has 5 nitrogen and oxygen atoms in total. The SMILES string of the molecule is S=C(NCCCOP1N(c2ccccc2)CCN1c1ccccc1)Nc1ccccc1.[HH].[HH]. The summed E-state index contributed by atoms with van der Waals surface area (Å²) in [5.74, 6) is 0. The number of thiocarbonyl (C=S) groups is 1. The van der Waals surface area contributed by atoms with Crippen LogP contribution in [0.5, 0.6) is 0 Å². The maximum absolute atomic E-state index is 6.45. The van der Waals surface area contributed by atoms with E-state index in [2.05, 4.69) is 80.6 Å². The Morgan fingerprint density at radius 1 is 0.839 bits per heavy atom. The number of para-hydroxylation sites is 3. The van der Waals surface area contributed by atoms with Crippen molar-refractivity contribution in [2.45, 2.75) is 6.42 Å². The maximum atomic E-state index is 6.45. The van der Waals surface area contributed by atoms with Crippen LogP contribution in [0.4, 0.5) is 17.1 Å². The van der Waals surface area contributed by atoms with Crippen molar-refractivity contribution in [1.29, 1.82) is 0 Å². The molecule has 1 fully saturated rings. The highest BCUT2D eigenvalue weighted by Crippen LogP contribution is 2.53. The van der Waals surface area contributed by atoms with E-state index < -0.39 is 8.45 Å². The monoisotopic (exact) mass is 454 g/mol. The van der Waals surface area contributed by atoms with E-state index in [0.717, 1.165) is 31.7 Å². The Kier molecular flexibility index (Phi) is 7.72. The third kappa shape index (κ3) is 5.95. The average Bonchev–Trinajstić information content (AvgIpc) is 3.24. The molecule has 164 valence electrons. The van der Waals surface area contributed by atoms with Crippen molar-refractivity contribution in [3.05, 3.63) is 91.0 Å². The lowest BCUT2D eigenvalue weighted by molar-refractivity contribution is 0.344. The van der Waals surface area contributed by atoms with E-state index in [1.165, 1.54) is 11.4 Å². The fraction of sp³-hybridized carbons (Fsp3) is 0.208. The van der Waals surface area contributed by atoms with Gasteiger partial charge in [0.25, 0.3) is 0 Å². The Labute approximate surface area is 193 Å². The van der Waals surface area contributed by atoms with Crippen molar-refractivity contribution in [1.82, 2.24) is 5.32 Å². The summed E-state index contributed by atoms with van der Waals surface area (Å²) in [5, 5.41) is 7.09. The zero-order valence-corrected chi connectivity index (χ0v) is 19.1. The Balaban J connectivity index is 0.00000193. The fourth-order valence-corrected chi connectivity index (χ4v) is 5.64. The number of hydrogen-bond donors (Lipinski definition) is 2. The van der Waals surface area contributed by atoms with E-state index in [-0.39, 0.29) is 2.85 Å². The molecule has 0 atom stereocenters. The zero-order chi connectivity index (χ0) is 21.3. The van der Waals surface area contributed by atoms with Crippen LogP contribution in [0.15, 0.2) is 91.0 Å². The van der Waals surface area contributed by atoms with Crippen molar-refractivity contribution in [2.24, 2.45) is 0 Å². The lowest BCUT2D eigenvalue weighted by Crippen LogP contribution is -2.29. The van der Waals surface area contributed by atoms with Gasteiger partial charge >= 0.3 is 0 Å². The van der Waals surface area contributed by atoms with Gasteiger partial charge in [-0.05, 0) is 55.0 Å². The van der Waals surface area contributed by atoms with Crippen LogP contribution < -0.4 is 20.0 Å². The van der Waals surface area contributed by atoms with Gasteiger partial charge in [-0.2, -0.15) is 0 Å². The molecular formula is C24H31N4OPS. The first kappa shape index (κ1) is 21.6. The van der Waals surface area contributed by atoms with Crippen LogP contribution in [-0.4, -0.2) is 31.4 Å². The molecule has 0 radical (unpaired) electrons. The maximum Gasteiger partial charge on any atom is 0.248 e. The molecule has 1 aliphatic heterocycles. The lowest BCUT2D eigenvalue weighted by Gasteiger charge is -2.30. The smallest absolute Gasteiger partial charge is 0.248 e. The van der Waals surface area contributed by atoms with Crippen molar-refractivity contribution in [3.8, 4) is 0 Å². The second-order valence-corrected chi connectivity index (χ2v) is 9.24. The lowest BCUT2D eigenvalue weighted by atomic mass is 10.3. The molecule has 4 rings (SSSR count). The molecule has 0 amide bonds. The molecule has 0 aromatic heterocycles. The van der Waals surface area contributed by atoms with Gasteiger partial charge in [0.15, 0.2) is 5.11 Å². The number of rotatable bonds is 8. The molecule has 1 saturated heterocycles. The number of benzene rings is 3. The first-order valence-corrected chi connectivity index (χ1v) is 12.1. The summed E-state index contributed by atoms with van der Waals surface area (Å²) in [6.45, 7) is 3.33. The summed E-state index contributed by atoms with van der Waals surface area (Å²) >= 11 is 5.38. The van der Waals surface area contributed by atoms with Gasteiger partial charge in [0.2, 0.25) is 8.45 Å². The Morgan fingerprint density at radius 3 is 1.90 bits per heavy atom. The molecule has 0 aliphatic carbocycles. The summed E-state index contributed by atoms with van der Waals surface area (Å²) in [7, 11) is -0.906. The molecule has 2 N–H and O–H groups in total. The second-order valence-electron chi connectivity index (χ2n) is 7.10. The fourth-order valence-electron chi connectivity index (χ4n) is 3.40. The minimum atomic E-state index is -0.906. The molecule has 7 heteroatoms. The minimum Gasteiger partial charge on any atom is -0.362 e. The van der Waals surface area contributed by atoms with Crippen molar-refractivity contribution >= 4 is 42.8 Å². The summed E-state index contributed by atoms with van der Waals surface area (Å²) in [5.41, 5.74) is 3.40. The van der Waals surface area contributed by atoms with Gasteiger partial charge in [-0.3, -0.25) is 0 Å². The van der Waals surface area contributed by atoms with Crippen LogP contribution in [0.25, 0.3) is 0 Å². The van der Waals surface area contributed by atoms with Crippen LogP contribution in [-0.2, 0) is 4.52 Å². The predicted molar refractivity (Wildman–Crippen MR) is 140 cm³/mol. The Hall–Kier alpha value is -2.66.